The monoisotopic (exact) mass is 642 g/mol. The molecular weight excluding hydrogens is 618 g/mol. The van der Waals surface area contributed by atoms with Crippen molar-refractivity contribution in [1.82, 2.24) is 49.2 Å². The summed E-state index contributed by atoms with van der Waals surface area (Å²) in [7, 11) is -9.35. The summed E-state index contributed by atoms with van der Waals surface area (Å²) < 4.78 is 81.8. The highest BCUT2D eigenvalue weighted by molar-refractivity contribution is 7.84. The number of anilines is 2. The second-order valence-corrected chi connectivity index (χ2v) is 13.0. The fourth-order valence-electron chi connectivity index (χ4n) is 5.61. The Morgan fingerprint density at radius 1 is 1.05 bits per heavy atom. The minimum Gasteiger partial charge on any atom is -0.382 e. The van der Waals surface area contributed by atoms with Crippen LogP contribution in [0, 0.1) is 5.92 Å². The van der Waals surface area contributed by atoms with Crippen LogP contribution in [0.25, 0.3) is 22.3 Å². The van der Waals surface area contributed by atoms with Crippen LogP contribution in [0.4, 0.5) is 16.0 Å². The molecule has 0 spiro atoms. The molecule has 6 heterocycles. The fourth-order valence-corrected chi connectivity index (χ4v) is 7.62. The van der Waals surface area contributed by atoms with E-state index in [4.69, 9.17) is 29.4 Å². The first kappa shape index (κ1) is 28.3. The van der Waals surface area contributed by atoms with Crippen LogP contribution in [0.1, 0.15) is 25.1 Å². The summed E-state index contributed by atoms with van der Waals surface area (Å²) in [4.78, 5) is 30.7. The Balaban J connectivity index is 1.15. The molecule has 0 bridgehead atoms. The van der Waals surface area contributed by atoms with Gasteiger partial charge < -0.3 is 25.7 Å². The maximum Gasteiger partial charge on any atom is 0.472 e. The van der Waals surface area contributed by atoms with Crippen molar-refractivity contribution in [2.75, 3.05) is 24.6 Å². The number of nitrogens with one attached hydrogen (secondary N) is 1. The van der Waals surface area contributed by atoms with Gasteiger partial charge in [-0.25, -0.2) is 33.9 Å². The number of alkyl halides is 1. The van der Waals surface area contributed by atoms with E-state index in [1.807, 2.05) is 0 Å². The number of hydrogen-bond donors (Lipinski definition) is 4. The van der Waals surface area contributed by atoms with Gasteiger partial charge in [-0.1, -0.05) is 5.21 Å². The average Bonchev–Trinajstić information content (AvgIpc) is 3.72. The number of imidazole rings is 1. The number of halogens is 1. The number of phosphoric ester groups is 1. The zero-order valence-electron chi connectivity index (χ0n) is 21.8. The molecule has 43 heavy (non-hydrogen) atoms. The summed E-state index contributed by atoms with van der Waals surface area (Å²) in [6, 6.07) is -0.997. The lowest BCUT2D eigenvalue weighted by molar-refractivity contribution is -0.0490. The quantitative estimate of drug-likeness (QED) is 0.194. The van der Waals surface area contributed by atoms with Gasteiger partial charge >= 0.3 is 18.1 Å². The Hall–Kier alpha value is -3.50. The first-order valence-electron chi connectivity index (χ1n) is 12.9. The van der Waals surface area contributed by atoms with E-state index in [1.165, 1.54) is 28.2 Å². The lowest BCUT2D eigenvalue weighted by atomic mass is 10.1. The van der Waals surface area contributed by atoms with Gasteiger partial charge in [0, 0.05) is 18.9 Å². The molecule has 8 atom stereocenters. The highest BCUT2D eigenvalue weighted by Crippen LogP contribution is 2.52. The van der Waals surface area contributed by atoms with Gasteiger partial charge in [0.2, 0.25) is 0 Å². The zero-order chi connectivity index (χ0) is 30.1. The van der Waals surface area contributed by atoms with E-state index in [1.54, 1.807) is 0 Å². The van der Waals surface area contributed by atoms with E-state index >= 15 is 4.39 Å². The van der Waals surface area contributed by atoms with Crippen LogP contribution in [-0.4, -0.2) is 95.4 Å². The molecule has 1 saturated carbocycles. The van der Waals surface area contributed by atoms with Gasteiger partial charge in [0.1, 0.15) is 42.7 Å². The maximum atomic E-state index is 16.0. The molecule has 1 unspecified atom stereocenters. The summed E-state index contributed by atoms with van der Waals surface area (Å²) in [5, 5.41) is 7.91. The van der Waals surface area contributed by atoms with Crippen molar-refractivity contribution in [3.8, 4) is 0 Å². The Labute approximate surface area is 240 Å². The van der Waals surface area contributed by atoms with Crippen LogP contribution in [0.5, 0.6) is 0 Å². The standard InChI is InChI=1S/C20H24FN12O8PS/c21-13-9(32-7-28-14-17(22)24-5-26-19(14)32)1-8-3-29-43(36,37)41-10-2-12(33-20-15(30-31-33)18(23)25-6-27-20)39-11(10)4-38-42(34,35)40-16(8)13/h5-13,16,29H,1-4H2,(H,34,35)(H2,22,24,26)(H2,23,25,27)/t8-,9-,10+,11-,12-,13+,16-/m1/s1. The molecule has 4 aromatic heterocycles. The molecule has 0 amide bonds. The van der Waals surface area contributed by atoms with E-state index in [9.17, 15) is 17.9 Å². The van der Waals surface area contributed by atoms with Crippen LogP contribution < -0.4 is 16.2 Å². The van der Waals surface area contributed by atoms with Crippen LogP contribution >= 0.6 is 7.82 Å². The number of nitrogens with zero attached hydrogens (tertiary/aromatic N) is 9. The molecular formula is C20H24FN12O8PS. The predicted octanol–water partition coefficient (Wildman–Crippen LogP) is -0.852. The molecule has 6 N–H and O–H groups in total. The van der Waals surface area contributed by atoms with E-state index in [0.717, 1.165) is 0 Å². The number of phosphoric acid groups is 1. The number of aromatic nitrogens is 9. The summed E-state index contributed by atoms with van der Waals surface area (Å²) in [6.07, 6.45) is -3.21. The van der Waals surface area contributed by atoms with Gasteiger partial charge in [0.15, 0.2) is 34.7 Å². The molecule has 20 nitrogen and oxygen atoms in total. The number of ether oxygens (including phenoxy) is 1. The van der Waals surface area contributed by atoms with Crippen molar-refractivity contribution in [2.24, 2.45) is 5.92 Å². The molecule has 2 saturated heterocycles. The second kappa shape index (κ2) is 10.3. The summed E-state index contributed by atoms with van der Waals surface area (Å²) in [5.74, 6) is -0.765. The molecule has 23 heteroatoms. The number of fused-ring (bicyclic) bond motifs is 4. The number of nitrogen functional groups attached to an aromatic ring is 2. The largest absolute Gasteiger partial charge is 0.472 e. The van der Waals surface area contributed by atoms with Crippen molar-refractivity contribution in [2.45, 2.75) is 49.6 Å². The summed E-state index contributed by atoms with van der Waals surface area (Å²) in [6.45, 7) is -1.03. The Morgan fingerprint density at radius 2 is 1.79 bits per heavy atom. The lowest BCUT2D eigenvalue weighted by Gasteiger charge is -2.27. The van der Waals surface area contributed by atoms with Crippen molar-refractivity contribution in [1.29, 1.82) is 0 Å². The van der Waals surface area contributed by atoms with Crippen LogP contribution in [0.2, 0.25) is 0 Å². The number of nitrogens with two attached hydrogens (primary N) is 2. The van der Waals surface area contributed by atoms with Gasteiger partial charge in [0.25, 0.3) is 0 Å². The minimum atomic E-state index is -4.91. The molecule has 0 aromatic carbocycles. The summed E-state index contributed by atoms with van der Waals surface area (Å²) >= 11 is 0. The molecule has 7 rings (SSSR count). The average molecular weight is 643 g/mol. The van der Waals surface area contributed by atoms with Crippen molar-refractivity contribution < 1.29 is 40.2 Å². The molecule has 3 fully saturated rings. The second-order valence-electron chi connectivity index (χ2n) is 10.2. The predicted molar refractivity (Wildman–Crippen MR) is 140 cm³/mol. The zero-order valence-corrected chi connectivity index (χ0v) is 23.5. The number of hydrogen-bond acceptors (Lipinski definition) is 16. The topological polar surface area (TPSA) is 273 Å². The van der Waals surface area contributed by atoms with Gasteiger partial charge in [0.05, 0.1) is 19.0 Å². The molecule has 3 aliphatic rings. The third kappa shape index (κ3) is 5.08. The van der Waals surface area contributed by atoms with Crippen LogP contribution in [-0.2, 0) is 32.8 Å². The van der Waals surface area contributed by atoms with E-state index in [0.29, 0.717) is 0 Å². The minimum absolute atomic E-state index is 0.0225. The van der Waals surface area contributed by atoms with Crippen molar-refractivity contribution >= 4 is 52.1 Å². The van der Waals surface area contributed by atoms with Crippen LogP contribution in [0.3, 0.4) is 0 Å². The molecule has 2 aliphatic heterocycles. The lowest BCUT2D eigenvalue weighted by Crippen LogP contribution is -2.41. The van der Waals surface area contributed by atoms with Crippen molar-refractivity contribution in [3.05, 3.63) is 19.0 Å². The Kier molecular flexibility index (Phi) is 6.77. The molecule has 1 aliphatic carbocycles. The highest BCUT2D eigenvalue weighted by atomic mass is 32.2. The maximum absolute atomic E-state index is 16.0. The van der Waals surface area contributed by atoms with Gasteiger partial charge in [-0.2, -0.15) is 17.8 Å². The van der Waals surface area contributed by atoms with Gasteiger partial charge in [-0.15, -0.1) is 5.10 Å². The normalized spacial score (nSPS) is 34.9. The van der Waals surface area contributed by atoms with E-state index in [-0.39, 0.29) is 53.3 Å². The van der Waals surface area contributed by atoms with Gasteiger partial charge in [-0.05, 0) is 6.42 Å². The Morgan fingerprint density at radius 3 is 2.58 bits per heavy atom. The molecule has 4 aromatic rings. The van der Waals surface area contributed by atoms with Crippen molar-refractivity contribution in [3.63, 3.8) is 0 Å². The SMILES string of the molecule is Nc1ncnc2c1ncn2[C@@H]1C[C@@H]2CNS(=O)(=O)O[C@H]3C[C@H](n4nnc5c(N)ncnc54)O[C@@H]3COP(=O)(O)O[C@H]2[C@H]1F. The smallest absolute Gasteiger partial charge is 0.382 e. The molecule has 230 valence electrons. The highest BCUT2D eigenvalue weighted by Gasteiger charge is 2.51. The first-order valence-corrected chi connectivity index (χ1v) is 15.8. The first-order chi connectivity index (χ1) is 20.5. The Bertz CT molecular complexity index is 1860. The van der Waals surface area contributed by atoms with E-state index in [2.05, 4.69) is 40.0 Å². The third-order valence-electron chi connectivity index (χ3n) is 7.61. The summed E-state index contributed by atoms with van der Waals surface area (Å²) in [5.41, 5.74) is 12.5. The van der Waals surface area contributed by atoms with Gasteiger partial charge in [-0.3, -0.25) is 13.2 Å². The number of rotatable bonds is 2. The van der Waals surface area contributed by atoms with Crippen LogP contribution in [0.15, 0.2) is 19.0 Å². The fraction of sp³-hybridized carbons (Fsp3) is 0.550. The third-order valence-corrected chi connectivity index (χ3v) is 9.61. The van der Waals surface area contributed by atoms with E-state index < -0.39 is 67.4 Å². The molecule has 0 radical (unpaired) electrons.